The van der Waals surface area contributed by atoms with Crippen LogP contribution < -0.4 is 10.6 Å². The van der Waals surface area contributed by atoms with E-state index in [4.69, 9.17) is 4.74 Å². The highest BCUT2D eigenvalue weighted by Crippen LogP contribution is 2.05. The molecule has 0 bridgehead atoms. The number of carbonyl (C=O) groups excluding carboxylic acids is 1. The molecule has 4 heteroatoms. The number of methoxy groups -OCH3 is 1. The lowest BCUT2D eigenvalue weighted by Gasteiger charge is -2.19. The summed E-state index contributed by atoms with van der Waals surface area (Å²) in [5.74, 6) is 0.660. The van der Waals surface area contributed by atoms with E-state index >= 15 is 0 Å². The summed E-state index contributed by atoms with van der Waals surface area (Å²) in [6, 6.07) is 0.384. The van der Waals surface area contributed by atoms with Gasteiger partial charge >= 0.3 is 0 Å². The lowest BCUT2D eigenvalue weighted by atomic mass is 10.0. The van der Waals surface area contributed by atoms with Crippen LogP contribution in [-0.4, -0.2) is 38.8 Å². The van der Waals surface area contributed by atoms with Crippen molar-refractivity contribution >= 4 is 5.91 Å². The number of hydrogen-bond donors (Lipinski definition) is 2. The van der Waals surface area contributed by atoms with Crippen LogP contribution in [0.1, 0.15) is 33.6 Å². The van der Waals surface area contributed by atoms with Crippen molar-refractivity contribution in [3.63, 3.8) is 0 Å². The molecule has 0 heterocycles. The van der Waals surface area contributed by atoms with E-state index in [1.54, 1.807) is 7.11 Å². The van der Waals surface area contributed by atoms with Crippen LogP contribution in [0.5, 0.6) is 0 Å². The SMILES string of the molecule is CCC(C)C(C)NCC(=O)NCCCOC. The Morgan fingerprint density at radius 3 is 2.62 bits per heavy atom. The molecule has 0 spiro atoms. The summed E-state index contributed by atoms with van der Waals surface area (Å²) in [4.78, 5) is 11.4. The zero-order valence-corrected chi connectivity index (χ0v) is 11.0. The third-order valence-corrected chi connectivity index (χ3v) is 2.93. The second-order valence-corrected chi connectivity index (χ2v) is 4.25. The van der Waals surface area contributed by atoms with Gasteiger partial charge in [-0.1, -0.05) is 20.3 Å². The summed E-state index contributed by atoms with van der Waals surface area (Å²) in [7, 11) is 1.66. The molecule has 2 unspecified atom stereocenters. The minimum absolute atomic E-state index is 0.0613. The van der Waals surface area contributed by atoms with Crippen LogP contribution in [0.15, 0.2) is 0 Å². The Morgan fingerprint density at radius 2 is 2.06 bits per heavy atom. The minimum atomic E-state index is 0.0613. The number of rotatable bonds is 9. The van der Waals surface area contributed by atoms with Gasteiger partial charge in [0.1, 0.15) is 0 Å². The first kappa shape index (κ1) is 15.4. The van der Waals surface area contributed by atoms with E-state index in [-0.39, 0.29) is 5.91 Å². The molecule has 2 N–H and O–H groups in total. The van der Waals surface area contributed by atoms with Crippen molar-refractivity contribution in [3.05, 3.63) is 0 Å². The molecule has 0 saturated carbocycles. The van der Waals surface area contributed by atoms with Gasteiger partial charge in [0.15, 0.2) is 0 Å². The van der Waals surface area contributed by atoms with E-state index in [1.807, 2.05) is 0 Å². The largest absolute Gasteiger partial charge is 0.385 e. The maximum atomic E-state index is 11.4. The molecular formula is C12H26N2O2. The number of nitrogens with one attached hydrogen (secondary N) is 2. The number of hydrogen-bond acceptors (Lipinski definition) is 3. The fourth-order valence-electron chi connectivity index (χ4n) is 1.32. The van der Waals surface area contributed by atoms with E-state index in [2.05, 4.69) is 31.4 Å². The first-order valence-corrected chi connectivity index (χ1v) is 6.10. The Morgan fingerprint density at radius 1 is 1.38 bits per heavy atom. The fraction of sp³-hybridized carbons (Fsp3) is 0.917. The van der Waals surface area contributed by atoms with Crippen molar-refractivity contribution < 1.29 is 9.53 Å². The van der Waals surface area contributed by atoms with Crippen LogP contribution in [0.2, 0.25) is 0 Å². The first-order chi connectivity index (χ1) is 7.61. The highest BCUT2D eigenvalue weighted by atomic mass is 16.5. The predicted octanol–water partition coefficient (Wildman–Crippen LogP) is 1.16. The van der Waals surface area contributed by atoms with Crippen molar-refractivity contribution in [3.8, 4) is 0 Å². The molecule has 16 heavy (non-hydrogen) atoms. The van der Waals surface area contributed by atoms with Crippen LogP contribution in [-0.2, 0) is 9.53 Å². The average Bonchev–Trinajstić information content (AvgIpc) is 2.30. The molecule has 4 nitrogen and oxygen atoms in total. The first-order valence-electron chi connectivity index (χ1n) is 6.10. The van der Waals surface area contributed by atoms with Gasteiger partial charge in [0.2, 0.25) is 5.91 Å². The third-order valence-electron chi connectivity index (χ3n) is 2.93. The van der Waals surface area contributed by atoms with Crippen LogP contribution in [0.3, 0.4) is 0 Å². The minimum Gasteiger partial charge on any atom is -0.385 e. The van der Waals surface area contributed by atoms with Crippen molar-refractivity contribution in [2.75, 3.05) is 26.8 Å². The molecule has 0 radical (unpaired) electrons. The van der Waals surface area contributed by atoms with Crippen LogP contribution >= 0.6 is 0 Å². The van der Waals surface area contributed by atoms with Crippen molar-refractivity contribution in [2.24, 2.45) is 5.92 Å². The lowest BCUT2D eigenvalue weighted by Crippen LogP contribution is -2.40. The second kappa shape index (κ2) is 9.60. The molecule has 2 atom stereocenters. The molecule has 0 aliphatic carbocycles. The number of carbonyl (C=O) groups is 1. The molecule has 96 valence electrons. The Balaban J connectivity index is 3.49. The summed E-state index contributed by atoms with van der Waals surface area (Å²) in [6.07, 6.45) is 1.99. The van der Waals surface area contributed by atoms with Gasteiger partial charge in [-0.05, 0) is 19.3 Å². The van der Waals surface area contributed by atoms with E-state index in [9.17, 15) is 4.79 Å². The zero-order chi connectivity index (χ0) is 12.4. The van der Waals surface area contributed by atoms with Crippen LogP contribution in [0.4, 0.5) is 0 Å². The quantitative estimate of drug-likeness (QED) is 0.584. The van der Waals surface area contributed by atoms with Gasteiger partial charge in [0, 0.05) is 26.3 Å². The average molecular weight is 230 g/mol. The zero-order valence-electron chi connectivity index (χ0n) is 11.0. The highest BCUT2D eigenvalue weighted by Gasteiger charge is 2.10. The molecule has 0 aromatic carbocycles. The normalized spacial score (nSPS) is 14.5. The summed E-state index contributed by atoms with van der Waals surface area (Å²) < 4.78 is 4.90. The maximum Gasteiger partial charge on any atom is 0.233 e. The summed E-state index contributed by atoms with van der Waals surface area (Å²) in [5, 5.41) is 6.08. The summed E-state index contributed by atoms with van der Waals surface area (Å²) in [6.45, 7) is 8.25. The van der Waals surface area contributed by atoms with E-state index in [0.29, 0.717) is 31.7 Å². The van der Waals surface area contributed by atoms with Crippen molar-refractivity contribution in [1.82, 2.24) is 10.6 Å². The third kappa shape index (κ3) is 7.65. The molecular weight excluding hydrogens is 204 g/mol. The standard InChI is InChI=1S/C12H26N2O2/c1-5-10(2)11(3)14-9-12(15)13-7-6-8-16-4/h10-11,14H,5-9H2,1-4H3,(H,13,15). The molecule has 0 fully saturated rings. The molecule has 0 aromatic rings. The lowest BCUT2D eigenvalue weighted by molar-refractivity contribution is -0.120. The Bertz CT molecular complexity index is 186. The summed E-state index contributed by atoms with van der Waals surface area (Å²) in [5.41, 5.74) is 0. The smallest absolute Gasteiger partial charge is 0.233 e. The van der Waals surface area contributed by atoms with Gasteiger partial charge in [0.25, 0.3) is 0 Å². The van der Waals surface area contributed by atoms with Crippen molar-refractivity contribution in [2.45, 2.75) is 39.7 Å². The molecule has 0 aliphatic rings. The predicted molar refractivity (Wildman–Crippen MR) is 66.4 cm³/mol. The monoisotopic (exact) mass is 230 g/mol. The summed E-state index contributed by atoms with van der Waals surface area (Å²) >= 11 is 0. The van der Waals surface area contributed by atoms with Gasteiger partial charge in [-0.2, -0.15) is 0 Å². The fourth-order valence-corrected chi connectivity index (χ4v) is 1.32. The van der Waals surface area contributed by atoms with Gasteiger partial charge in [-0.3, -0.25) is 4.79 Å². The van der Waals surface area contributed by atoms with Gasteiger partial charge < -0.3 is 15.4 Å². The molecule has 0 rings (SSSR count). The molecule has 0 aromatic heterocycles. The Hall–Kier alpha value is -0.610. The topological polar surface area (TPSA) is 50.4 Å². The van der Waals surface area contributed by atoms with Gasteiger partial charge in [-0.15, -0.1) is 0 Å². The second-order valence-electron chi connectivity index (χ2n) is 4.25. The Labute approximate surface area is 99.1 Å². The highest BCUT2D eigenvalue weighted by molar-refractivity contribution is 5.77. The number of ether oxygens (including phenoxy) is 1. The van der Waals surface area contributed by atoms with Crippen LogP contribution in [0, 0.1) is 5.92 Å². The van der Waals surface area contributed by atoms with E-state index < -0.39 is 0 Å². The van der Waals surface area contributed by atoms with Gasteiger partial charge in [-0.25, -0.2) is 0 Å². The molecule has 0 saturated heterocycles. The molecule has 0 aliphatic heterocycles. The van der Waals surface area contributed by atoms with E-state index in [0.717, 1.165) is 12.8 Å². The Kier molecular flexibility index (Phi) is 9.24. The van der Waals surface area contributed by atoms with Gasteiger partial charge in [0.05, 0.1) is 6.54 Å². The van der Waals surface area contributed by atoms with Crippen LogP contribution in [0.25, 0.3) is 0 Å². The number of amides is 1. The maximum absolute atomic E-state index is 11.4. The van der Waals surface area contributed by atoms with E-state index in [1.165, 1.54) is 0 Å². The van der Waals surface area contributed by atoms with Crippen molar-refractivity contribution in [1.29, 1.82) is 0 Å². The molecule has 1 amide bonds.